The maximum atomic E-state index is 15.4. The van der Waals surface area contributed by atoms with Crippen molar-refractivity contribution in [2.24, 2.45) is 0 Å². The Labute approximate surface area is 167 Å². The van der Waals surface area contributed by atoms with Gasteiger partial charge in [-0.3, -0.25) is 4.98 Å². The van der Waals surface area contributed by atoms with Gasteiger partial charge in [0.25, 0.3) is 0 Å². The zero-order valence-corrected chi connectivity index (χ0v) is 15.8. The number of rotatable bonds is 5. The van der Waals surface area contributed by atoms with E-state index in [1.165, 1.54) is 13.3 Å². The summed E-state index contributed by atoms with van der Waals surface area (Å²) in [5, 5.41) is 0.423. The number of methoxy groups -OCH3 is 1. The molecule has 1 fully saturated rings. The molecule has 0 saturated heterocycles. The van der Waals surface area contributed by atoms with Gasteiger partial charge >= 0.3 is 12.2 Å². The van der Waals surface area contributed by atoms with Crippen molar-refractivity contribution in [3.05, 3.63) is 40.8 Å². The summed E-state index contributed by atoms with van der Waals surface area (Å²) in [4.78, 5) is 11.8. The molecule has 152 valence electrons. The average Bonchev–Trinajstić information content (AvgIpc) is 3.50. The van der Waals surface area contributed by atoms with Gasteiger partial charge in [-0.15, -0.1) is 0 Å². The lowest BCUT2D eigenvalue weighted by Gasteiger charge is -2.14. The molecule has 0 N–H and O–H groups in total. The Hall–Kier alpha value is -2.68. The van der Waals surface area contributed by atoms with Crippen molar-refractivity contribution in [2.45, 2.75) is 24.9 Å². The summed E-state index contributed by atoms with van der Waals surface area (Å²) in [6.07, 6.45) is -1.51. The topological polar surface area (TPSA) is 57.1 Å². The van der Waals surface area contributed by atoms with Crippen LogP contribution in [-0.2, 0) is 0 Å². The number of hydrogen-bond donors (Lipinski definition) is 0. The normalized spacial score (nSPS) is 14.3. The molecule has 1 aliphatic carbocycles. The quantitative estimate of drug-likeness (QED) is 0.516. The van der Waals surface area contributed by atoms with Crippen LogP contribution in [0.15, 0.2) is 24.4 Å². The number of aromatic nitrogens is 3. The lowest BCUT2D eigenvalue weighted by molar-refractivity contribution is -0.153. The summed E-state index contributed by atoms with van der Waals surface area (Å²) < 4.78 is 62.7. The second-order valence-electron chi connectivity index (χ2n) is 6.58. The van der Waals surface area contributed by atoms with Crippen LogP contribution in [0.3, 0.4) is 0 Å². The Morgan fingerprint density at radius 2 is 1.97 bits per heavy atom. The highest BCUT2D eigenvalue weighted by molar-refractivity contribution is 6.31. The first kappa shape index (κ1) is 19.6. The van der Waals surface area contributed by atoms with Crippen LogP contribution >= 0.6 is 11.6 Å². The number of hydrogen-bond acceptors (Lipinski definition) is 5. The SMILES string of the molecule is COc1nc(OCC(F)(F)F)c2cnc(-c3cccc(Cl)c3C3CC3)c(F)c2n1. The van der Waals surface area contributed by atoms with Crippen molar-refractivity contribution in [1.29, 1.82) is 0 Å². The van der Waals surface area contributed by atoms with Crippen molar-refractivity contribution < 1.29 is 27.0 Å². The maximum absolute atomic E-state index is 15.4. The number of nitrogens with zero attached hydrogens (tertiary/aromatic N) is 3. The van der Waals surface area contributed by atoms with E-state index in [0.717, 1.165) is 18.4 Å². The van der Waals surface area contributed by atoms with Crippen LogP contribution in [0, 0.1) is 5.82 Å². The first-order valence-electron chi connectivity index (χ1n) is 8.67. The Morgan fingerprint density at radius 1 is 1.21 bits per heavy atom. The van der Waals surface area contributed by atoms with Gasteiger partial charge in [-0.25, -0.2) is 4.39 Å². The Bertz CT molecular complexity index is 1090. The first-order valence-corrected chi connectivity index (χ1v) is 9.05. The molecule has 5 nitrogen and oxygen atoms in total. The number of benzene rings is 1. The van der Waals surface area contributed by atoms with Crippen LogP contribution in [0.4, 0.5) is 17.6 Å². The molecule has 2 aromatic heterocycles. The van der Waals surface area contributed by atoms with Crippen molar-refractivity contribution >= 4 is 22.5 Å². The van der Waals surface area contributed by atoms with Gasteiger partial charge in [0, 0.05) is 16.8 Å². The van der Waals surface area contributed by atoms with Gasteiger partial charge in [-0.2, -0.15) is 23.1 Å². The molecular formula is C19H14ClF4N3O2. The zero-order valence-electron chi connectivity index (χ0n) is 15.1. The molecule has 1 saturated carbocycles. The van der Waals surface area contributed by atoms with Gasteiger partial charge in [-0.05, 0) is 30.4 Å². The predicted octanol–water partition coefficient (Wildman–Crippen LogP) is 5.31. The van der Waals surface area contributed by atoms with Crippen LogP contribution in [0.1, 0.15) is 24.3 Å². The largest absolute Gasteiger partial charge is 0.467 e. The van der Waals surface area contributed by atoms with Gasteiger partial charge in [0.15, 0.2) is 12.4 Å². The molecule has 0 atom stereocenters. The second-order valence-corrected chi connectivity index (χ2v) is 6.98. The molecular weight excluding hydrogens is 414 g/mol. The molecule has 0 aliphatic heterocycles. The number of alkyl halides is 3. The van der Waals surface area contributed by atoms with Crippen molar-refractivity contribution in [1.82, 2.24) is 15.0 Å². The molecule has 3 aromatic rings. The highest BCUT2D eigenvalue weighted by Crippen LogP contribution is 2.48. The summed E-state index contributed by atoms with van der Waals surface area (Å²) in [5.74, 6) is -1.05. The molecule has 0 unspecified atom stereocenters. The molecule has 0 bridgehead atoms. The monoisotopic (exact) mass is 427 g/mol. The van der Waals surface area contributed by atoms with Gasteiger partial charge in [0.05, 0.1) is 12.5 Å². The second kappa shape index (κ2) is 7.29. The van der Waals surface area contributed by atoms with Crippen LogP contribution < -0.4 is 9.47 Å². The Morgan fingerprint density at radius 3 is 2.62 bits per heavy atom. The standard InChI is InChI=1S/C19H14ClF4N3O2/c1-28-18-26-16-11(17(27-18)29-8-19(22,23)24)7-25-15(14(16)21)10-3-2-4-12(20)13(10)9-5-6-9/h2-4,7,9H,5-6,8H2,1H3. The fourth-order valence-corrected chi connectivity index (χ4v) is 3.41. The lowest BCUT2D eigenvalue weighted by atomic mass is 9.99. The molecule has 0 spiro atoms. The maximum Gasteiger partial charge on any atom is 0.422 e. The average molecular weight is 428 g/mol. The number of pyridine rings is 1. The third-order valence-corrected chi connectivity index (χ3v) is 4.81. The minimum Gasteiger partial charge on any atom is -0.467 e. The molecule has 1 aromatic carbocycles. The highest BCUT2D eigenvalue weighted by atomic mass is 35.5. The van der Waals surface area contributed by atoms with E-state index in [9.17, 15) is 13.2 Å². The van der Waals surface area contributed by atoms with E-state index < -0.39 is 24.5 Å². The van der Waals surface area contributed by atoms with E-state index in [2.05, 4.69) is 15.0 Å². The van der Waals surface area contributed by atoms with E-state index >= 15 is 4.39 Å². The summed E-state index contributed by atoms with van der Waals surface area (Å²) in [6.45, 7) is -1.59. The summed E-state index contributed by atoms with van der Waals surface area (Å²) in [6, 6.07) is 4.80. The van der Waals surface area contributed by atoms with E-state index in [0.29, 0.717) is 10.6 Å². The number of ether oxygens (including phenoxy) is 2. The Balaban J connectivity index is 1.87. The lowest BCUT2D eigenvalue weighted by Crippen LogP contribution is -2.20. The molecule has 0 radical (unpaired) electrons. The number of halogens is 5. The molecule has 2 heterocycles. The van der Waals surface area contributed by atoms with Crippen molar-refractivity contribution in [3.8, 4) is 23.1 Å². The summed E-state index contributed by atoms with van der Waals surface area (Å²) >= 11 is 6.32. The van der Waals surface area contributed by atoms with Gasteiger partial charge in [0.1, 0.15) is 11.2 Å². The third-order valence-electron chi connectivity index (χ3n) is 4.48. The Kier molecular flexibility index (Phi) is 4.94. The van der Waals surface area contributed by atoms with Crippen LogP contribution in [0.5, 0.6) is 11.9 Å². The van der Waals surface area contributed by atoms with Gasteiger partial charge < -0.3 is 9.47 Å². The third kappa shape index (κ3) is 3.91. The minimum absolute atomic E-state index is 0.00410. The van der Waals surface area contributed by atoms with Crippen molar-refractivity contribution in [3.63, 3.8) is 0 Å². The van der Waals surface area contributed by atoms with E-state index in [-0.39, 0.29) is 28.5 Å². The molecule has 29 heavy (non-hydrogen) atoms. The van der Waals surface area contributed by atoms with Gasteiger partial charge in [0.2, 0.25) is 5.88 Å². The van der Waals surface area contributed by atoms with Crippen LogP contribution in [0.2, 0.25) is 5.02 Å². The fourth-order valence-electron chi connectivity index (χ4n) is 3.08. The van der Waals surface area contributed by atoms with Crippen molar-refractivity contribution in [2.75, 3.05) is 13.7 Å². The zero-order chi connectivity index (χ0) is 20.8. The molecule has 10 heteroatoms. The van der Waals surface area contributed by atoms with Crippen LogP contribution in [-0.4, -0.2) is 34.8 Å². The summed E-state index contributed by atoms with van der Waals surface area (Å²) in [5.41, 5.74) is 1.08. The highest BCUT2D eigenvalue weighted by Gasteiger charge is 2.31. The van der Waals surface area contributed by atoms with E-state index in [1.54, 1.807) is 18.2 Å². The first-order chi connectivity index (χ1) is 13.8. The molecule has 1 aliphatic rings. The van der Waals surface area contributed by atoms with E-state index in [4.69, 9.17) is 21.1 Å². The molecule has 4 rings (SSSR count). The predicted molar refractivity (Wildman–Crippen MR) is 97.8 cm³/mol. The smallest absolute Gasteiger partial charge is 0.422 e. The number of fused-ring (bicyclic) bond motifs is 1. The van der Waals surface area contributed by atoms with E-state index in [1.807, 2.05) is 0 Å². The molecule has 0 amide bonds. The van der Waals surface area contributed by atoms with Gasteiger partial charge in [-0.1, -0.05) is 23.7 Å². The van der Waals surface area contributed by atoms with Crippen LogP contribution in [0.25, 0.3) is 22.2 Å². The fraction of sp³-hybridized carbons (Fsp3) is 0.316. The minimum atomic E-state index is -4.59. The summed E-state index contributed by atoms with van der Waals surface area (Å²) in [7, 11) is 1.22.